The molecule has 0 saturated heterocycles. The molecule has 13 heavy (non-hydrogen) atoms. The van der Waals surface area contributed by atoms with Crippen LogP contribution in [-0.2, 0) is 0 Å². The van der Waals surface area contributed by atoms with Crippen molar-refractivity contribution in [3.8, 4) is 0 Å². The molecule has 0 amide bonds. The van der Waals surface area contributed by atoms with E-state index in [1.165, 1.54) is 12.2 Å². The second kappa shape index (κ2) is 7.69. The molecule has 0 radical (unpaired) electrons. The largest absolute Gasteiger partial charge is 0.313 e. The standard InChI is InChI=1S/C11H25NS/c1-6-10(5)11(12-7-2)8-13-9(3)4/h9-12H,6-8H2,1-5H3. The number of rotatable bonds is 7. The number of hydrogen-bond acceptors (Lipinski definition) is 2. The van der Waals surface area contributed by atoms with Gasteiger partial charge in [0, 0.05) is 11.8 Å². The van der Waals surface area contributed by atoms with Gasteiger partial charge in [-0.25, -0.2) is 0 Å². The van der Waals surface area contributed by atoms with Gasteiger partial charge in [0.2, 0.25) is 0 Å². The zero-order chi connectivity index (χ0) is 10.3. The molecule has 0 aliphatic heterocycles. The second-order valence-electron chi connectivity index (χ2n) is 3.93. The first-order valence-electron chi connectivity index (χ1n) is 5.46. The van der Waals surface area contributed by atoms with Gasteiger partial charge in [-0.05, 0) is 17.7 Å². The molecular formula is C11H25NS. The molecule has 0 aromatic rings. The van der Waals surface area contributed by atoms with E-state index in [9.17, 15) is 0 Å². The molecule has 0 fully saturated rings. The molecule has 0 heterocycles. The van der Waals surface area contributed by atoms with Crippen molar-refractivity contribution in [1.82, 2.24) is 5.32 Å². The first kappa shape index (κ1) is 13.3. The van der Waals surface area contributed by atoms with E-state index in [4.69, 9.17) is 0 Å². The molecule has 0 bridgehead atoms. The Bertz CT molecular complexity index is 115. The van der Waals surface area contributed by atoms with Crippen LogP contribution in [0, 0.1) is 5.92 Å². The van der Waals surface area contributed by atoms with Crippen molar-refractivity contribution in [3.05, 3.63) is 0 Å². The zero-order valence-electron chi connectivity index (χ0n) is 9.76. The molecule has 80 valence electrons. The van der Waals surface area contributed by atoms with Crippen LogP contribution in [0.2, 0.25) is 0 Å². The number of nitrogens with one attached hydrogen (secondary N) is 1. The van der Waals surface area contributed by atoms with Crippen LogP contribution >= 0.6 is 11.8 Å². The maximum Gasteiger partial charge on any atom is 0.0183 e. The SMILES string of the molecule is CCNC(CSC(C)C)C(C)CC. The third-order valence-electron chi connectivity index (χ3n) is 2.41. The smallest absolute Gasteiger partial charge is 0.0183 e. The Morgan fingerprint density at radius 3 is 2.15 bits per heavy atom. The summed E-state index contributed by atoms with van der Waals surface area (Å²) in [4.78, 5) is 0. The van der Waals surface area contributed by atoms with E-state index in [0.717, 1.165) is 17.7 Å². The Balaban J connectivity index is 3.79. The molecule has 0 aromatic carbocycles. The monoisotopic (exact) mass is 203 g/mol. The van der Waals surface area contributed by atoms with Crippen LogP contribution in [0.15, 0.2) is 0 Å². The van der Waals surface area contributed by atoms with Crippen LogP contribution in [0.25, 0.3) is 0 Å². The molecule has 0 aliphatic rings. The average Bonchev–Trinajstić information content (AvgIpc) is 2.10. The molecule has 0 saturated carbocycles. The summed E-state index contributed by atoms with van der Waals surface area (Å²) < 4.78 is 0. The third-order valence-corrected chi connectivity index (χ3v) is 3.62. The van der Waals surface area contributed by atoms with E-state index in [1.54, 1.807) is 0 Å². The van der Waals surface area contributed by atoms with Crippen molar-refractivity contribution >= 4 is 11.8 Å². The Labute approximate surface area is 88.1 Å². The number of thioether (sulfide) groups is 1. The highest BCUT2D eigenvalue weighted by Crippen LogP contribution is 2.16. The summed E-state index contributed by atoms with van der Waals surface area (Å²) in [5, 5.41) is 4.32. The van der Waals surface area contributed by atoms with E-state index in [-0.39, 0.29) is 0 Å². The van der Waals surface area contributed by atoms with Crippen LogP contribution < -0.4 is 5.32 Å². The molecule has 1 nitrogen and oxygen atoms in total. The van der Waals surface area contributed by atoms with Gasteiger partial charge in [-0.2, -0.15) is 11.8 Å². The number of hydrogen-bond donors (Lipinski definition) is 1. The molecule has 0 aliphatic carbocycles. The van der Waals surface area contributed by atoms with Gasteiger partial charge in [0.15, 0.2) is 0 Å². The van der Waals surface area contributed by atoms with Crippen molar-refractivity contribution in [1.29, 1.82) is 0 Å². The van der Waals surface area contributed by atoms with Crippen molar-refractivity contribution < 1.29 is 0 Å². The summed E-state index contributed by atoms with van der Waals surface area (Å²) in [7, 11) is 0. The Hall–Kier alpha value is 0.310. The van der Waals surface area contributed by atoms with E-state index >= 15 is 0 Å². The van der Waals surface area contributed by atoms with Gasteiger partial charge < -0.3 is 5.32 Å². The topological polar surface area (TPSA) is 12.0 Å². The van der Waals surface area contributed by atoms with Gasteiger partial charge in [0.25, 0.3) is 0 Å². The molecule has 2 unspecified atom stereocenters. The van der Waals surface area contributed by atoms with E-state index in [2.05, 4.69) is 51.7 Å². The zero-order valence-corrected chi connectivity index (χ0v) is 10.6. The maximum atomic E-state index is 3.57. The lowest BCUT2D eigenvalue weighted by Crippen LogP contribution is -2.37. The summed E-state index contributed by atoms with van der Waals surface area (Å²) in [5.41, 5.74) is 0. The van der Waals surface area contributed by atoms with Crippen LogP contribution in [-0.4, -0.2) is 23.6 Å². The van der Waals surface area contributed by atoms with E-state index in [1.807, 2.05) is 0 Å². The first-order valence-corrected chi connectivity index (χ1v) is 6.51. The van der Waals surface area contributed by atoms with Crippen molar-refractivity contribution in [3.63, 3.8) is 0 Å². The minimum Gasteiger partial charge on any atom is -0.313 e. The maximum absolute atomic E-state index is 3.57. The predicted octanol–water partition coefficient (Wildman–Crippen LogP) is 3.15. The molecule has 0 rings (SSSR count). The third kappa shape index (κ3) is 6.39. The highest BCUT2D eigenvalue weighted by Gasteiger charge is 2.14. The first-order chi connectivity index (χ1) is 6.11. The fourth-order valence-electron chi connectivity index (χ4n) is 1.27. The molecule has 0 aromatic heterocycles. The van der Waals surface area contributed by atoms with Crippen molar-refractivity contribution in [2.24, 2.45) is 5.92 Å². The average molecular weight is 203 g/mol. The van der Waals surface area contributed by atoms with Gasteiger partial charge >= 0.3 is 0 Å². The summed E-state index contributed by atoms with van der Waals surface area (Å²) in [5.74, 6) is 2.05. The minimum atomic E-state index is 0.697. The fourth-order valence-corrected chi connectivity index (χ4v) is 2.31. The molecule has 0 spiro atoms. The fraction of sp³-hybridized carbons (Fsp3) is 1.00. The summed E-state index contributed by atoms with van der Waals surface area (Å²) >= 11 is 2.06. The quantitative estimate of drug-likeness (QED) is 0.682. The summed E-state index contributed by atoms with van der Waals surface area (Å²) in [6.45, 7) is 12.4. The van der Waals surface area contributed by atoms with Crippen LogP contribution in [0.3, 0.4) is 0 Å². The van der Waals surface area contributed by atoms with Gasteiger partial charge in [-0.3, -0.25) is 0 Å². The van der Waals surface area contributed by atoms with E-state index < -0.39 is 0 Å². The van der Waals surface area contributed by atoms with Crippen LogP contribution in [0.5, 0.6) is 0 Å². The Morgan fingerprint density at radius 2 is 1.77 bits per heavy atom. The molecular weight excluding hydrogens is 178 g/mol. The van der Waals surface area contributed by atoms with Crippen molar-refractivity contribution in [2.45, 2.75) is 52.3 Å². The van der Waals surface area contributed by atoms with Gasteiger partial charge in [0.05, 0.1) is 0 Å². The van der Waals surface area contributed by atoms with Gasteiger partial charge in [-0.15, -0.1) is 0 Å². The molecule has 1 N–H and O–H groups in total. The summed E-state index contributed by atoms with van der Waals surface area (Å²) in [6, 6.07) is 0.697. The lowest BCUT2D eigenvalue weighted by Gasteiger charge is -2.24. The predicted molar refractivity (Wildman–Crippen MR) is 64.5 cm³/mol. The normalized spacial score (nSPS) is 16.2. The highest BCUT2D eigenvalue weighted by molar-refractivity contribution is 7.99. The summed E-state index contributed by atoms with van der Waals surface area (Å²) in [6.07, 6.45) is 1.27. The molecule has 2 atom stereocenters. The Morgan fingerprint density at radius 1 is 1.15 bits per heavy atom. The lowest BCUT2D eigenvalue weighted by molar-refractivity contribution is 0.403. The Kier molecular flexibility index (Phi) is 7.87. The van der Waals surface area contributed by atoms with Crippen molar-refractivity contribution in [2.75, 3.05) is 12.3 Å². The van der Waals surface area contributed by atoms with Gasteiger partial charge in [-0.1, -0.05) is 41.0 Å². The van der Waals surface area contributed by atoms with Crippen LogP contribution in [0.1, 0.15) is 41.0 Å². The molecule has 2 heteroatoms. The highest BCUT2D eigenvalue weighted by atomic mass is 32.2. The minimum absolute atomic E-state index is 0.697. The van der Waals surface area contributed by atoms with Crippen LogP contribution in [0.4, 0.5) is 0 Å². The second-order valence-corrected chi connectivity index (χ2v) is 5.54. The lowest BCUT2D eigenvalue weighted by atomic mass is 10.0. The van der Waals surface area contributed by atoms with E-state index in [0.29, 0.717) is 6.04 Å². The van der Waals surface area contributed by atoms with Gasteiger partial charge in [0.1, 0.15) is 0 Å².